The Morgan fingerprint density at radius 2 is 2.09 bits per heavy atom. The molecule has 8 heteroatoms. The van der Waals surface area contributed by atoms with Crippen molar-refractivity contribution in [3.05, 3.63) is 16.4 Å². The van der Waals surface area contributed by atoms with Crippen LogP contribution in [-0.4, -0.2) is 21.7 Å². The smallest absolute Gasteiger partial charge is 0.348 e. The maximum absolute atomic E-state index is 12.8. The fourth-order valence-corrected chi connectivity index (χ4v) is 4.57. The van der Waals surface area contributed by atoms with Crippen molar-refractivity contribution in [3.8, 4) is 0 Å². The molecule has 0 saturated heterocycles. The third-order valence-corrected chi connectivity index (χ3v) is 5.62. The first-order chi connectivity index (χ1) is 10.7. The molecular formula is C15H19ClF3N3O. The molecule has 1 aromatic rings. The number of halogens is 4. The van der Waals surface area contributed by atoms with Gasteiger partial charge in [0.05, 0.1) is 0 Å². The van der Waals surface area contributed by atoms with Crippen molar-refractivity contribution in [2.45, 2.75) is 44.8 Å². The number of carbonyl (C=O) groups is 1. The predicted octanol–water partition coefficient (Wildman–Crippen LogP) is 3.65. The van der Waals surface area contributed by atoms with Gasteiger partial charge in [0.15, 0.2) is 5.69 Å². The van der Waals surface area contributed by atoms with Crippen LogP contribution in [0.4, 0.5) is 13.2 Å². The summed E-state index contributed by atoms with van der Waals surface area (Å²) in [5.41, 5.74) is -1.46. The van der Waals surface area contributed by atoms with E-state index in [1.54, 1.807) is 0 Å². The summed E-state index contributed by atoms with van der Waals surface area (Å²) in [4.78, 5) is 12.4. The number of aryl methyl sites for hydroxylation is 1. The van der Waals surface area contributed by atoms with E-state index >= 15 is 0 Å². The van der Waals surface area contributed by atoms with Crippen molar-refractivity contribution >= 4 is 17.5 Å². The van der Waals surface area contributed by atoms with Gasteiger partial charge in [-0.15, -0.1) is 0 Å². The SMILES string of the molecule is C[C@@H](NC(=O)c1c(Cl)c(C(F)(F)F)nn1C)[C@@H]1C[C@H]2CC[C@H]1C2. The highest BCUT2D eigenvalue weighted by atomic mass is 35.5. The maximum atomic E-state index is 12.8. The Hall–Kier alpha value is -1.24. The zero-order chi connectivity index (χ0) is 16.9. The zero-order valence-corrected chi connectivity index (χ0v) is 13.7. The van der Waals surface area contributed by atoms with Gasteiger partial charge in [0.25, 0.3) is 5.91 Å². The molecule has 2 aliphatic carbocycles. The molecule has 23 heavy (non-hydrogen) atoms. The average molecular weight is 350 g/mol. The number of amides is 1. The molecule has 1 aromatic heterocycles. The molecule has 2 bridgehead atoms. The van der Waals surface area contributed by atoms with Gasteiger partial charge in [-0.2, -0.15) is 18.3 Å². The first-order valence-electron chi connectivity index (χ1n) is 7.79. The number of hydrogen-bond acceptors (Lipinski definition) is 2. The van der Waals surface area contributed by atoms with Crippen LogP contribution in [-0.2, 0) is 13.2 Å². The predicted molar refractivity (Wildman–Crippen MR) is 79.1 cm³/mol. The Morgan fingerprint density at radius 3 is 2.57 bits per heavy atom. The number of rotatable bonds is 3. The van der Waals surface area contributed by atoms with Gasteiger partial charge in [-0.1, -0.05) is 18.0 Å². The highest BCUT2D eigenvalue weighted by Crippen LogP contribution is 2.49. The minimum atomic E-state index is -4.68. The van der Waals surface area contributed by atoms with Crippen LogP contribution < -0.4 is 5.32 Å². The van der Waals surface area contributed by atoms with Gasteiger partial charge in [-0.3, -0.25) is 9.48 Å². The normalized spacial score (nSPS) is 28.2. The van der Waals surface area contributed by atoms with Crippen LogP contribution in [0.5, 0.6) is 0 Å². The number of nitrogens with zero attached hydrogens (tertiary/aromatic N) is 2. The van der Waals surface area contributed by atoms with Crippen molar-refractivity contribution in [1.29, 1.82) is 0 Å². The van der Waals surface area contributed by atoms with E-state index in [4.69, 9.17) is 11.6 Å². The molecule has 0 spiro atoms. The van der Waals surface area contributed by atoms with Crippen LogP contribution in [0, 0.1) is 17.8 Å². The van der Waals surface area contributed by atoms with Crippen molar-refractivity contribution in [1.82, 2.24) is 15.1 Å². The molecule has 3 rings (SSSR count). The lowest BCUT2D eigenvalue weighted by Crippen LogP contribution is -2.40. The Kier molecular flexibility index (Phi) is 4.11. The molecule has 1 N–H and O–H groups in total. The van der Waals surface area contributed by atoms with Crippen molar-refractivity contribution < 1.29 is 18.0 Å². The second-order valence-electron chi connectivity index (χ2n) is 6.73. The summed E-state index contributed by atoms with van der Waals surface area (Å²) >= 11 is 5.75. The Morgan fingerprint density at radius 1 is 1.39 bits per heavy atom. The highest BCUT2D eigenvalue weighted by Gasteiger charge is 2.43. The van der Waals surface area contributed by atoms with Crippen LogP contribution in [0.25, 0.3) is 0 Å². The van der Waals surface area contributed by atoms with E-state index in [0.29, 0.717) is 11.8 Å². The lowest BCUT2D eigenvalue weighted by molar-refractivity contribution is -0.141. The van der Waals surface area contributed by atoms with E-state index < -0.39 is 22.8 Å². The third kappa shape index (κ3) is 2.95. The van der Waals surface area contributed by atoms with E-state index in [1.807, 2.05) is 6.92 Å². The van der Waals surface area contributed by atoms with Crippen LogP contribution in [0.1, 0.15) is 48.8 Å². The van der Waals surface area contributed by atoms with Gasteiger partial charge in [-0.25, -0.2) is 0 Å². The molecule has 2 aliphatic rings. The molecular weight excluding hydrogens is 331 g/mol. The molecule has 1 amide bonds. The Labute approximate surface area is 137 Å². The molecule has 0 radical (unpaired) electrons. The van der Waals surface area contributed by atoms with E-state index in [2.05, 4.69) is 10.4 Å². The quantitative estimate of drug-likeness (QED) is 0.905. The summed E-state index contributed by atoms with van der Waals surface area (Å²) in [5.74, 6) is 1.15. The van der Waals surface area contributed by atoms with Crippen LogP contribution in [0.3, 0.4) is 0 Å². The standard InChI is InChI=1S/C15H19ClF3N3O/c1-7(10-6-8-3-4-9(10)5-8)20-14(23)12-11(16)13(15(17,18)19)21-22(12)2/h7-10H,3-6H2,1-2H3,(H,20,23)/t7-,8+,9+,10+/m1/s1. The minimum absolute atomic E-state index is 0.0851. The molecule has 4 nitrogen and oxygen atoms in total. The fourth-order valence-electron chi connectivity index (χ4n) is 4.21. The first-order valence-corrected chi connectivity index (χ1v) is 8.16. The number of alkyl halides is 3. The number of nitrogens with one attached hydrogen (secondary N) is 1. The van der Waals surface area contributed by atoms with Gasteiger partial charge < -0.3 is 5.32 Å². The second kappa shape index (κ2) is 5.69. The van der Waals surface area contributed by atoms with Crippen molar-refractivity contribution in [2.24, 2.45) is 24.8 Å². The van der Waals surface area contributed by atoms with Crippen LogP contribution in [0.2, 0.25) is 5.02 Å². The number of aromatic nitrogens is 2. The fraction of sp³-hybridized carbons (Fsp3) is 0.733. The number of hydrogen-bond donors (Lipinski definition) is 1. The molecule has 128 valence electrons. The van der Waals surface area contributed by atoms with Crippen LogP contribution >= 0.6 is 11.6 Å². The van der Waals surface area contributed by atoms with Gasteiger partial charge >= 0.3 is 6.18 Å². The molecule has 2 saturated carbocycles. The number of fused-ring (bicyclic) bond motifs is 2. The van der Waals surface area contributed by atoms with E-state index in [-0.39, 0.29) is 11.7 Å². The molecule has 2 fully saturated rings. The van der Waals surface area contributed by atoms with Gasteiger partial charge in [-0.05, 0) is 43.9 Å². The third-order valence-electron chi connectivity index (χ3n) is 5.27. The molecule has 0 aromatic carbocycles. The monoisotopic (exact) mass is 349 g/mol. The Bertz CT molecular complexity index is 628. The molecule has 0 unspecified atom stereocenters. The lowest BCUT2D eigenvalue weighted by Gasteiger charge is -2.28. The van der Waals surface area contributed by atoms with E-state index in [1.165, 1.54) is 26.3 Å². The van der Waals surface area contributed by atoms with Crippen LogP contribution in [0.15, 0.2) is 0 Å². The zero-order valence-electron chi connectivity index (χ0n) is 13.0. The van der Waals surface area contributed by atoms with E-state index in [9.17, 15) is 18.0 Å². The summed E-state index contributed by atoms with van der Waals surface area (Å²) in [5, 5.41) is 5.52. The summed E-state index contributed by atoms with van der Waals surface area (Å²) in [6.07, 6.45) is 0.0444. The first kappa shape index (κ1) is 16.6. The summed E-state index contributed by atoms with van der Waals surface area (Å²) in [7, 11) is 1.29. The topological polar surface area (TPSA) is 46.9 Å². The summed E-state index contributed by atoms with van der Waals surface area (Å²) < 4.78 is 39.4. The molecule has 0 aliphatic heterocycles. The molecule has 1 heterocycles. The van der Waals surface area contributed by atoms with Gasteiger partial charge in [0, 0.05) is 13.1 Å². The number of carbonyl (C=O) groups excluding carboxylic acids is 1. The van der Waals surface area contributed by atoms with E-state index in [0.717, 1.165) is 17.0 Å². The lowest BCUT2D eigenvalue weighted by atomic mass is 9.84. The van der Waals surface area contributed by atoms with Gasteiger partial charge in [0.2, 0.25) is 0 Å². The van der Waals surface area contributed by atoms with Crippen molar-refractivity contribution in [2.75, 3.05) is 0 Å². The highest BCUT2D eigenvalue weighted by molar-refractivity contribution is 6.34. The Balaban J connectivity index is 1.75. The largest absolute Gasteiger partial charge is 0.436 e. The minimum Gasteiger partial charge on any atom is -0.348 e. The summed E-state index contributed by atoms with van der Waals surface area (Å²) in [6.45, 7) is 1.91. The maximum Gasteiger partial charge on any atom is 0.436 e. The molecule has 4 atom stereocenters. The van der Waals surface area contributed by atoms with Gasteiger partial charge in [0.1, 0.15) is 10.7 Å². The van der Waals surface area contributed by atoms with Crippen molar-refractivity contribution in [3.63, 3.8) is 0 Å². The summed E-state index contributed by atoms with van der Waals surface area (Å²) in [6, 6.07) is -0.0851. The second-order valence-corrected chi connectivity index (χ2v) is 7.11. The average Bonchev–Trinajstić information content (AvgIpc) is 3.12.